The molecule has 1 saturated heterocycles. The molecular weight excluding hydrogens is 272 g/mol. The van der Waals surface area contributed by atoms with Crippen LogP contribution in [0.25, 0.3) is 0 Å². The number of ether oxygens (including phenoxy) is 1. The van der Waals surface area contributed by atoms with Gasteiger partial charge in [-0.1, -0.05) is 26.7 Å². The van der Waals surface area contributed by atoms with Crippen LogP contribution in [0.3, 0.4) is 0 Å². The zero-order valence-corrected chi connectivity index (χ0v) is 13.0. The van der Waals surface area contributed by atoms with Crippen molar-refractivity contribution in [2.45, 2.75) is 45.2 Å². The summed E-state index contributed by atoms with van der Waals surface area (Å²) in [7, 11) is 1.65. The van der Waals surface area contributed by atoms with E-state index in [0.29, 0.717) is 11.8 Å². The summed E-state index contributed by atoms with van der Waals surface area (Å²) in [5.41, 5.74) is 0. The van der Waals surface area contributed by atoms with Crippen LogP contribution in [0.15, 0.2) is 0 Å². The molecule has 2 rings (SSSR count). The van der Waals surface area contributed by atoms with Crippen LogP contribution in [-0.4, -0.2) is 54.4 Å². The van der Waals surface area contributed by atoms with Crippen molar-refractivity contribution in [3.05, 3.63) is 0 Å². The zero-order chi connectivity index (χ0) is 15.6. The van der Waals surface area contributed by atoms with Gasteiger partial charge in [-0.25, -0.2) is 4.79 Å². The molecule has 0 aromatic rings. The Hall–Kier alpha value is -1.30. The molecule has 2 amide bonds. The van der Waals surface area contributed by atoms with Crippen LogP contribution in [0, 0.1) is 17.8 Å². The molecule has 1 heterocycles. The number of nitrogens with zero attached hydrogens (tertiary/aromatic N) is 1. The molecule has 0 bridgehead atoms. The van der Waals surface area contributed by atoms with E-state index >= 15 is 0 Å². The summed E-state index contributed by atoms with van der Waals surface area (Å²) < 4.78 is 5.23. The van der Waals surface area contributed by atoms with Crippen molar-refractivity contribution >= 4 is 12.0 Å². The number of amides is 2. The molecule has 6 heteroatoms. The minimum atomic E-state index is -0.906. The van der Waals surface area contributed by atoms with Crippen LogP contribution in [-0.2, 0) is 9.53 Å². The Balaban J connectivity index is 1.94. The van der Waals surface area contributed by atoms with E-state index < -0.39 is 11.9 Å². The number of hydrogen-bond donors (Lipinski definition) is 2. The quantitative estimate of drug-likeness (QED) is 0.828. The van der Waals surface area contributed by atoms with Crippen molar-refractivity contribution < 1.29 is 19.4 Å². The van der Waals surface area contributed by atoms with Crippen LogP contribution in [0.5, 0.6) is 0 Å². The topological polar surface area (TPSA) is 78.9 Å². The first kappa shape index (κ1) is 16.1. The van der Waals surface area contributed by atoms with Gasteiger partial charge in [0.25, 0.3) is 0 Å². The van der Waals surface area contributed by atoms with Crippen LogP contribution < -0.4 is 5.32 Å². The number of rotatable bonds is 3. The summed E-state index contributed by atoms with van der Waals surface area (Å²) in [5, 5.41) is 12.2. The van der Waals surface area contributed by atoms with Crippen molar-refractivity contribution in [1.82, 2.24) is 10.2 Å². The maximum Gasteiger partial charge on any atom is 0.317 e. The third-order valence-electron chi connectivity index (χ3n) is 5.20. The van der Waals surface area contributed by atoms with Crippen molar-refractivity contribution in [2.24, 2.45) is 17.8 Å². The SMILES string of the molecule is CC1CCCC(NC(=O)N(C)C2COCC2C(=O)O)C1C. The number of hydrogen-bond acceptors (Lipinski definition) is 3. The number of carbonyl (C=O) groups excluding carboxylic acids is 1. The number of urea groups is 1. The molecule has 120 valence electrons. The summed E-state index contributed by atoms with van der Waals surface area (Å²) in [6, 6.07) is -0.407. The average Bonchev–Trinajstić information content (AvgIpc) is 2.92. The fraction of sp³-hybridized carbons (Fsp3) is 0.867. The normalized spacial score (nSPS) is 36.2. The van der Waals surface area contributed by atoms with Gasteiger partial charge in [-0.05, 0) is 18.3 Å². The molecule has 21 heavy (non-hydrogen) atoms. The lowest BCUT2D eigenvalue weighted by Gasteiger charge is -2.36. The van der Waals surface area contributed by atoms with Gasteiger partial charge in [0.15, 0.2) is 0 Å². The van der Waals surface area contributed by atoms with Crippen LogP contribution in [0.2, 0.25) is 0 Å². The molecule has 1 saturated carbocycles. The second kappa shape index (κ2) is 6.64. The van der Waals surface area contributed by atoms with E-state index in [2.05, 4.69) is 19.2 Å². The Labute approximate surface area is 125 Å². The molecule has 0 spiro atoms. The van der Waals surface area contributed by atoms with Gasteiger partial charge in [-0.15, -0.1) is 0 Å². The number of aliphatic carboxylic acids is 1. The van der Waals surface area contributed by atoms with Crippen LogP contribution >= 0.6 is 0 Å². The Morgan fingerprint density at radius 2 is 1.95 bits per heavy atom. The van der Waals surface area contributed by atoms with E-state index in [1.807, 2.05) is 0 Å². The average molecular weight is 298 g/mol. The summed E-state index contributed by atoms with van der Waals surface area (Å²) in [5.74, 6) is -0.484. The number of carbonyl (C=O) groups is 2. The van der Waals surface area contributed by atoms with E-state index in [4.69, 9.17) is 4.74 Å². The standard InChI is InChI=1S/C15H26N2O4/c1-9-5-4-6-12(10(9)2)16-15(20)17(3)13-8-21-7-11(13)14(18)19/h9-13H,4-8H2,1-3H3,(H,16,20)(H,18,19). The van der Waals surface area contributed by atoms with Crippen molar-refractivity contribution in [1.29, 1.82) is 0 Å². The monoisotopic (exact) mass is 298 g/mol. The maximum absolute atomic E-state index is 12.4. The second-order valence-corrected chi connectivity index (χ2v) is 6.48. The van der Waals surface area contributed by atoms with Crippen molar-refractivity contribution in [3.8, 4) is 0 Å². The first-order valence-electron chi connectivity index (χ1n) is 7.75. The second-order valence-electron chi connectivity index (χ2n) is 6.48. The molecule has 2 fully saturated rings. The fourth-order valence-electron chi connectivity index (χ4n) is 3.36. The molecule has 1 aliphatic carbocycles. The first-order chi connectivity index (χ1) is 9.91. The van der Waals surface area contributed by atoms with Crippen molar-refractivity contribution in [3.63, 3.8) is 0 Å². The Kier molecular flexibility index (Phi) is 5.08. The molecule has 0 aromatic heterocycles. The lowest BCUT2D eigenvalue weighted by Crippen LogP contribution is -2.53. The van der Waals surface area contributed by atoms with Gasteiger partial charge in [-0.3, -0.25) is 4.79 Å². The fourth-order valence-corrected chi connectivity index (χ4v) is 3.36. The van der Waals surface area contributed by atoms with E-state index in [1.165, 1.54) is 11.3 Å². The maximum atomic E-state index is 12.4. The van der Waals surface area contributed by atoms with Gasteiger partial charge in [0.2, 0.25) is 0 Å². The highest BCUT2D eigenvalue weighted by molar-refractivity contribution is 5.77. The van der Waals surface area contributed by atoms with Gasteiger partial charge in [0.1, 0.15) is 5.92 Å². The molecule has 6 nitrogen and oxygen atoms in total. The molecule has 1 aliphatic heterocycles. The summed E-state index contributed by atoms with van der Waals surface area (Å²) in [4.78, 5) is 25.1. The Bertz CT molecular complexity index is 401. The summed E-state index contributed by atoms with van der Waals surface area (Å²) >= 11 is 0. The highest BCUT2D eigenvalue weighted by Gasteiger charge is 2.39. The molecular formula is C15H26N2O4. The lowest BCUT2D eigenvalue weighted by atomic mass is 9.78. The Morgan fingerprint density at radius 3 is 2.62 bits per heavy atom. The first-order valence-corrected chi connectivity index (χ1v) is 7.75. The van der Waals surface area contributed by atoms with E-state index in [0.717, 1.165) is 12.8 Å². The number of carboxylic acids is 1. The van der Waals surface area contributed by atoms with Gasteiger partial charge >= 0.3 is 12.0 Å². The highest BCUT2D eigenvalue weighted by atomic mass is 16.5. The molecule has 5 unspecified atom stereocenters. The summed E-state index contributed by atoms with van der Waals surface area (Å²) in [6.45, 7) is 4.86. The smallest absolute Gasteiger partial charge is 0.317 e. The van der Waals surface area contributed by atoms with E-state index in [-0.39, 0.29) is 31.3 Å². The number of nitrogens with one attached hydrogen (secondary N) is 1. The van der Waals surface area contributed by atoms with Gasteiger partial charge in [0.05, 0.1) is 19.3 Å². The van der Waals surface area contributed by atoms with Gasteiger partial charge in [-0.2, -0.15) is 0 Å². The van der Waals surface area contributed by atoms with Gasteiger partial charge in [0, 0.05) is 13.1 Å². The highest BCUT2D eigenvalue weighted by Crippen LogP contribution is 2.29. The number of carboxylic acid groups (broad SMARTS) is 1. The Morgan fingerprint density at radius 1 is 1.24 bits per heavy atom. The zero-order valence-electron chi connectivity index (χ0n) is 13.0. The van der Waals surface area contributed by atoms with Crippen LogP contribution in [0.4, 0.5) is 4.79 Å². The minimum absolute atomic E-state index is 0.175. The third-order valence-corrected chi connectivity index (χ3v) is 5.20. The lowest BCUT2D eigenvalue weighted by molar-refractivity contribution is -0.142. The van der Waals surface area contributed by atoms with E-state index in [9.17, 15) is 14.7 Å². The van der Waals surface area contributed by atoms with Crippen LogP contribution in [0.1, 0.15) is 33.1 Å². The molecule has 5 atom stereocenters. The third kappa shape index (κ3) is 3.48. The predicted octanol–water partition coefficient (Wildman–Crippen LogP) is 1.55. The summed E-state index contributed by atoms with van der Waals surface area (Å²) in [6.07, 6.45) is 3.33. The van der Waals surface area contributed by atoms with Crippen molar-refractivity contribution in [2.75, 3.05) is 20.3 Å². The molecule has 2 aliphatic rings. The molecule has 0 radical (unpaired) electrons. The molecule has 0 aromatic carbocycles. The van der Waals surface area contributed by atoms with E-state index in [1.54, 1.807) is 7.05 Å². The van der Waals surface area contributed by atoms with Gasteiger partial charge < -0.3 is 20.1 Å². The molecule has 2 N–H and O–H groups in total. The minimum Gasteiger partial charge on any atom is -0.481 e. The number of likely N-dealkylation sites (N-methyl/N-ethyl adjacent to an activating group) is 1. The largest absolute Gasteiger partial charge is 0.481 e. The predicted molar refractivity (Wildman–Crippen MR) is 78.0 cm³/mol.